The second-order valence-electron chi connectivity index (χ2n) is 4.36. The van der Waals surface area contributed by atoms with Crippen LogP contribution in [0.3, 0.4) is 0 Å². The molecule has 1 fully saturated rings. The summed E-state index contributed by atoms with van der Waals surface area (Å²) in [4.78, 5) is 6.90. The number of nitrogens with zero attached hydrogens (tertiary/aromatic N) is 3. The lowest BCUT2D eigenvalue weighted by Gasteiger charge is -2.21. The van der Waals surface area contributed by atoms with Crippen molar-refractivity contribution in [2.45, 2.75) is 39.7 Å². The molecule has 1 aromatic rings. The highest BCUT2D eigenvalue weighted by atomic mass is 15.3. The summed E-state index contributed by atoms with van der Waals surface area (Å²) in [6, 6.07) is 0.507. The van der Waals surface area contributed by atoms with Gasteiger partial charge in [-0.15, -0.1) is 0 Å². The number of aryl methyl sites for hydroxylation is 1. The van der Waals surface area contributed by atoms with Gasteiger partial charge in [-0.2, -0.15) is 0 Å². The minimum atomic E-state index is 0.507. The van der Waals surface area contributed by atoms with Crippen LogP contribution in [0.1, 0.15) is 38.4 Å². The maximum atomic E-state index is 4.51. The summed E-state index contributed by atoms with van der Waals surface area (Å²) < 4.78 is 2.32. The van der Waals surface area contributed by atoms with Crippen LogP contribution in [0.5, 0.6) is 0 Å². The van der Waals surface area contributed by atoms with Gasteiger partial charge < -0.3 is 9.47 Å². The Morgan fingerprint density at radius 1 is 1.29 bits per heavy atom. The summed E-state index contributed by atoms with van der Waals surface area (Å²) in [5.74, 6) is 1.16. The Labute approximate surface area is 85.7 Å². The second-order valence-corrected chi connectivity index (χ2v) is 4.36. The Morgan fingerprint density at radius 3 is 2.50 bits per heavy atom. The van der Waals surface area contributed by atoms with E-state index in [-0.39, 0.29) is 0 Å². The van der Waals surface area contributed by atoms with Crippen LogP contribution in [-0.2, 0) is 0 Å². The first kappa shape index (κ1) is 9.56. The zero-order valence-corrected chi connectivity index (χ0v) is 9.32. The van der Waals surface area contributed by atoms with Crippen molar-refractivity contribution in [3.8, 4) is 0 Å². The standard InChI is InChI=1S/C11H19N3/c1-9(2)14-10(3)8-12-11(14)13-6-4-5-7-13/h8-9H,4-7H2,1-3H3. The van der Waals surface area contributed by atoms with Gasteiger partial charge in [0.15, 0.2) is 0 Å². The normalized spacial score (nSPS) is 17.0. The van der Waals surface area contributed by atoms with E-state index in [1.807, 2.05) is 6.20 Å². The third-order valence-corrected chi connectivity index (χ3v) is 2.87. The summed E-state index contributed by atoms with van der Waals surface area (Å²) >= 11 is 0. The molecule has 1 aliphatic heterocycles. The lowest BCUT2D eigenvalue weighted by Crippen LogP contribution is -2.23. The average Bonchev–Trinajstić information content (AvgIpc) is 2.70. The molecule has 2 rings (SSSR count). The Kier molecular flexibility index (Phi) is 2.48. The van der Waals surface area contributed by atoms with E-state index < -0.39 is 0 Å². The summed E-state index contributed by atoms with van der Waals surface area (Å²) in [7, 11) is 0. The summed E-state index contributed by atoms with van der Waals surface area (Å²) in [5, 5.41) is 0. The molecule has 0 bridgehead atoms. The Balaban J connectivity index is 2.32. The van der Waals surface area contributed by atoms with Gasteiger partial charge in [-0.05, 0) is 33.6 Å². The molecular formula is C11H19N3. The average molecular weight is 193 g/mol. The molecule has 0 aliphatic carbocycles. The van der Waals surface area contributed by atoms with E-state index in [4.69, 9.17) is 0 Å². The first-order valence-corrected chi connectivity index (χ1v) is 5.49. The van der Waals surface area contributed by atoms with Gasteiger partial charge in [0.05, 0.1) is 6.20 Å². The van der Waals surface area contributed by atoms with Crippen LogP contribution in [0.15, 0.2) is 6.20 Å². The molecule has 14 heavy (non-hydrogen) atoms. The number of rotatable bonds is 2. The molecule has 3 nitrogen and oxygen atoms in total. The van der Waals surface area contributed by atoms with E-state index in [1.165, 1.54) is 31.6 Å². The van der Waals surface area contributed by atoms with Crippen LogP contribution in [0.2, 0.25) is 0 Å². The van der Waals surface area contributed by atoms with Crippen molar-refractivity contribution in [1.29, 1.82) is 0 Å². The molecule has 0 radical (unpaired) electrons. The van der Waals surface area contributed by atoms with Crippen molar-refractivity contribution >= 4 is 5.95 Å². The lowest BCUT2D eigenvalue weighted by molar-refractivity contribution is 0.579. The van der Waals surface area contributed by atoms with Crippen LogP contribution >= 0.6 is 0 Å². The molecule has 3 heteroatoms. The first-order valence-electron chi connectivity index (χ1n) is 5.49. The minimum Gasteiger partial charge on any atom is -0.342 e. The summed E-state index contributed by atoms with van der Waals surface area (Å²) in [5.41, 5.74) is 1.27. The highest BCUT2D eigenvalue weighted by molar-refractivity contribution is 5.35. The van der Waals surface area contributed by atoms with Gasteiger partial charge in [0.25, 0.3) is 0 Å². The van der Waals surface area contributed by atoms with Gasteiger partial charge in [-0.1, -0.05) is 0 Å². The number of imidazole rings is 1. The van der Waals surface area contributed by atoms with Gasteiger partial charge in [0.2, 0.25) is 5.95 Å². The summed E-state index contributed by atoms with van der Waals surface area (Å²) in [6.07, 6.45) is 4.60. The molecule has 0 spiro atoms. The predicted molar refractivity (Wildman–Crippen MR) is 58.8 cm³/mol. The highest BCUT2D eigenvalue weighted by Gasteiger charge is 2.19. The molecule has 78 valence electrons. The Bertz CT molecular complexity index is 308. The quantitative estimate of drug-likeness (QED) is 0.719. The zero-order chi connectivity index (χ0) is 10.1. The number of anilines is 1. The minimum absolute atomic E-state index is 0.507. The van der Waals surface area contributed by atoms with Crippen molar-refractivity contribution in [1.82, 2.24) is 9.55 Å². The molecule has 0 saturated carbocycles. The largest absolute Gasteiger partial charge is 0.342 e. The van der Waals surface area contributed by atoms with Crippen LogP contribution in [-0.4, -0.2) is 22.6 Å². The Morgan fingerprint density at radius 2 is 1.93 bits per heavy atom. The van der Waals surface area contributed by atoms with Crippen molar-refractivity contribution in [3.05, 3.63) is 11.9 Å². The van der Waals surface area contributed by atoms with E-state index in [0.29, 0.717) is 6.04 Å². The van der Waals surface area contributed by atoms with Crippen molar-refractivity contribution in [2.24, 2.45) is 0 Å². The SMILES string of the molecule is Cc1cnc(N2CCCC2)n1C(C)C. The van der Waals surface area contributed by atoms with Crippen molar-refractivity contribution in [2.75, 3.05) is 18.0 Å². The molecule has 1 aromatic heterocycles. The highest BCUT2D eigenvalue weighted by Crippen LogP contribution is 2.23. The van der Waals surface area contributed by atoms with Crippen molar-refractivity contribution in [3.63, 3.8) is 0 Å². The fourth-order valence-corrected chi connectivity index (χ4v) is 2.22. The molecule has 2 heterocycles. The van der Waals surface area contributed by atoms with Gasteiger partial charge in [-0.3, -0.25) is 0 Å². The monoisotopic (exact) mass is 193 g/mol. The summed E-state index contributed by atoms with van der Waals surface area (Å²) in [6.45, 7) is 8.90. The van der Waals surface area contributed by atoms with Gasteiger partial charge >= 0.3 is 0 Å². The topological polar surface area (TPSA) is 21.1 Å². The van der Waals surface area contributed by atoms with Gasteiger partial charge in [0.1, 0.15) is 0 Å². The lowest BCUT2D eigenvalue weighted by atomic mass is 10.3. The second kappa shape index (κ2) is 3.64. The molecule has 0 atom stereocenters. The fourth-order valence-electron chi connectivity index (χ4n) is 2.22. The number of hydrogen-bond donors (Lipinski definition) is 0. The van der Waals surface area contributed by atoms with Crippen LogP contribution in [0.25, 0.3) is 0 Å². The third kappa shape index (κ3) is 1.51. The maximum absolute atomic E-state index is 4.51. The van der Waals surface area contributed by atoms with E-state index >= 15 is 0 Å². The number of hydrogen-bond acceptors (Lipinski definition) is 2. The molecule has 0 unspecified atom stereocenters. The third-order valence-electron chi connectivity index (χ3n) is 2.87. The maximum Gasteiger partial charge on any atom is 0.205 e. The van der Waals surface area contributed by atoms with E-state index in [2.05, 4.69) is 35.2 Å². The fraction of sp³-hybridized carbons (Fsp3) is 0.727. The van der Waals surface area contributed by atoms with E-state index in [1.54, 1.807) is 0 Å². The van der Waals surface area contributed by atoms with Crippen LogP contribution in [0, 0.1) is 6.92 Å². The number of aromatic nitrogens is 2. The van der Waals surface area contributed by atoms with Crippen LogP contribution < -0.4 is 4.90 Å². The zero-order valence-electron chi connectivity index (χ0n) is 9.32. The Hall–Kier alpha value is -0.990. The molecule has 0 aromatic carbocycles. The molecule has 0 amide bonds. The smallest absolute Gasteiger partial charge is 0.205 e. The van der Waals surface area contributed by atoms with E-state index in [0.717, 1.165) is 5.95 Å². The van der Waals surface area contributed by atoms with E-state index in [9.17, 15) is 0 Å². The van der Waals surface area contributed by atoms with Gasteiger partial charge in [-0.25, -0.2) is 4.98 Å². The molecular weight excluding hydrogens is 174 g/mol. The predicted octanol–water partition coefficient (Wildman–Crippen LogP) is 2.37. The molecule has 1 saturated heterocycles. The molecule has 1 aliphatic rings. The van der Waals surface area contributed by atoms with Crippen LogP contribution in [0.4, 0.5) is 5.95 Å². The molecule has 0 N–H and O–H groups in total. The van der Waals surface area contributed by atoms with Crippen molar-refractivity contribution < 1.29 is 0 Å². The first-order chi connectivity index (χ1) is 6.70. The van der Waals surface area contributed by atoms with Gasteiger partial charge in [0, 0.05) is 24.8 Å².